The van der Waals surface area contributed by atoms with Gasteiger partial charge < -0.3 is 15.1 Å². The SMILES string of the molecule is O=C(O)/C=C(/C(=O)O)N1C=CCC1. The van der Waals surface area contributed by atoms with E-state index in [1.165, 1.54) is 4.90 Å². The minimum absolute atomic E-state index is 0.207. The van der Waals surface area contributed by atoms with Gasteiger partial charge in [0, 0.05) is 12.7 Å². The Morgan fingerprint density at radius 2 is 2.08 bits per heavy atom. The molecule has 0 spiro atoms. The van der Waals surface area contributed by atoms with E-state index in [9.17, 15) is 9.59 Å². The Hall–Kier alpha value is -1.78. The van der Waals surface area contributed by atoms with Crippen molar-refractivity contribution in [2.45, 2.75) is 6.42 Å². The van der Waals surface area contributed by atoms with Gasteiger partial charge in [-0.2, -0.15) is 0 Å². The molecule has 2 N–H and O–H groups in total. The molecule has 0 bridgehead atoms. The largest absolute Gasteiger partial charge is 0.478 e. The predicted octanol–water partition coefficient (Wildman–Crippen LogP) is 0.259. The molecular formula is C8H9NO4. The van der Waals surface area contributed by atoms with Crippen molar-refractivity contribution in [3.63, 3.8) is 0 Å². The lowest BCUT2D eigenvalue weighted by atomic mass is 10.3. The first kappa shape index (κ1) is 9.31. The quantitative estimate of drug-likeness (QED) is 0.613. The van der Waals surface area contributed by atoms with Crippen molar-refractivity contribution in [1.82, 2.24) is 4.90 Å². The molecule has 70 valence electrons. The maximum atomic E-state index is 10.6. The first-order valence-electron chi connectivity index (χ1n) is 3.72. The zero-order valence-electron chi connectivity index (χ0n) is 6.80. The van der Waals surface area contributed by atoms with E-state index in [0.29, 0.717) is 12.6 Å². The van der Waals surface area contributed by atoms with E-state index in [2.05, 4.69) is 0 Å². The molecule has 1 aliphatic heterocycles. The number of aliphatic carboxylic acids is 2. The normalized spacial score (nSPS) is 16.3. The minimum atomic E-state index is -1.25. The van der Waals surface area contributed by atoms with Crippen LogP contribution < -0.4 is 0 Å². The van der Waals surface area contributed by atoms with Gasteiger partial charge in [-0.3, -0.25) is 0 Å². The summed E-state index contributed by atoms with van der Waals surface area (Å²) in [6.45, 7) is 0.519. The number of carboxylic acids is 2. The second-order valence-electron chi connectivity index (χ2n) is 2.54. The van der Waals surface area contributed by atoms with Crippen LogP contribution in [0.2, 0.25) is 0 Å². The van der Waals surface area contributed by atoms with Gasteiger partial charge >= 0.3 is 11.9 Å². The van der Waals surface area contributed by atoms with E-state index in [1.54, 1.807) is 12.3 Å². The number of carboxylic acid groups (broad SMARTS) is 2. The van der Waals surface area contributed by atoms with Crippen LogP contribution in [-0.4, -0.2) is 33.6 Å². The Morgan fingerprint density at radius 3 is 2.46 bits per heavy atom. The van der Waals surface area contributed by atoms with Gasteiger partial charge in [0.25, 0.3) is 0 Å². The van der Waals surface area contributed by atoms with Crippen LogP contribution in [0, 0.1) is 0 Å². The molecule has 0 saturated heterocycles. The molecule has 0 unspecified atom stereocenters. The van der Waals surface area contributed by atoms with Gasteiger partial charge in [0.15, 0.2) is 0 Å². The fourth-order valence-electron chi connectivity index (χ4n) is 1.08. The van der Waals surface area contributed by atoms with E-state index in [1.807, 2.05) is 0 Å². The molecule has 0 atom stereocenters. The molecule has 0 amide bonds. The Labute approximate surface area is 74.6 Å². The number of carbonyl (C=O) groups is 2. The molecule has 0 aromatic rings. The average molecular weight is 183 g/mol. The lowest BCUT2D eigenvalue weighted by molar-refractivity contribution is -0.136. The average Bonchev–Trinajstić information content (AvgIpc) is 2.50. The third-order valence-corrected chi connectivity index (χ3v) is 1.61. The summed E-state index contributed by atoms with van der Waals surface area (Å²) in [6.07, 6.45) is 4.80. The third-order valence-electron chi connectivity index (χ3n) is 1.61. The van der Waals surface area contributed by atoms with Gasteiger partial charge in [-0.25, -0.2) is 9.59 Å². The molecule has 1 rings (SSSR count). The van der Waals surface area contributed by atoms with Crippen LogP contribution in [0.4, 0.5) is 0 Å². The summed E-state index contributed by atoms with van der Waals surface area (Å²) >= 11 is 0. The Balaban J connectivity index is 2.85. The van der Waals surface area contributed by atoms with Gasteiger partial charge in [0.2, 0.25) is 0 Å². The summed E-state index contributed by atoms with van der Waals surface area (Å²) in [5.74, 6) is -2.48. The number of hydrogen-bond acceptors (Lipinski definition) is 3. The monoisotopic (exact) mass is 183 g/mol. The lowest BCUT2D eigenvalue weighted by Crippen LogP contribution is -2.21. The molecular weight excluding hydrogens is 174 g/mol. The Bertz CT molecular complexity index is 293. The Morgan fingerprint density at radius 1 is 1.38 bits per heavy atom. The van der Waals surface area contributed by atoms with Crippen molar-refractivity contribution in [2.75, 3.05) is 6.54 Å². The molecule has 13 heavy (non-hydrogen) atoms. The third kappa shape index (κ3) is 2.33. The fourth-order valence-corrected chi connectivity index (χ4v) is 1.08. The summed E-state index contributed by atoms with van der Waals surface area (Å²) in [5.41, 5.74) is -0.207. The highest BCUT2D eigenvalue weighted by molar-refractivity contribution is 5.94. The van der Waals surface area contributed by atoms with Gasteiger partial charge in [0.1, 0.15) is 5.70 Å². The van der Waals surface area contributed by atoms with Crippen molar-refractivity contribution >= 4 is 11.9 Å². The molecule has 0 aromatic heterocycles. The first-order chi connectivity index (χ1) is 6.11. The number of hydrogen-bond donors (Lipinski definition) is 2. The fraction of sp³-hybridized carbons (Fsp3) is 0.250. The second kappa shape index (κ2) is 3.75. The van der Waals surface area contributed by atoms with E-state index in [4.69, 9.17) is 10.2 Å². The summed E-state index contributed by atoms with van der Waals surface area (Å²) in [4.78, 5) is 22.3. The van der Waals surface area contributed by atoms with Crippen LogP contribution in [0.1, 0.15) is 6.42 Å². The van der Waals surface area contributed by atoms with Crippen molar-refractivity contribution < 1.29 is 19.8 Å². The zero-order chi connectivity index (χ0) is 9.84. The van der Waals surface area contributed by atoms with Crippen molar-refractivity contribution in [3.8, 4) is 0 Å². The molecule has 0 fully saturated rings. The van der Waals surface area contributed by atoms with Gasteiger partial charge in [-0.05, 0) is 6.42 Å². The van der Waals surface area contributed by atoms with Crippen LogP contribution in [0.25, 0.3) is 0 Å². The molecule has 0 radical (unpaired) electrons. The van der Waals surface area contributed by atoms with Gasteiger partial charge in [0.05, 0.1) is 6.08 Å². The van der Waals surface area contributed by atoms with E-state index in [-0.39, 0.29) is 5.70 Å². The van der Waals surface area contributed by atoms with E-state index < -0.39 is 11.9 Å². The van der Waals surface area contributed by atoms with Crippen molar-refractivity contribution in [2.24, 2.45) is 0 Å². The standard InChI is InChI=1S/C8H9NO4/c10-7(11)5-6(8(12)13)9-3-1-2-4-9/h1,3,5H,2,4H2,(H,10,11)(H,12,13)/b6-5-. The smallest absolute Gasteiger partial charge is 0.352 e. The van der Waals surface area contributed by atoms with Crippen molar-refractivity contribution in [3.05, 3.63) is 24.0 Å². The predicted molar refractivity (Wildman–Crippen MR) is 43.8 cm³/mol. The van der Waals surface area contributed by atoms with E-state index in [0.717, 1.165) is 6.42 Å². The second-order valence-corrected chi connectivity index (χ2v) is 2.54. The zero-order valence-corrected chi connectivity index (χ0v) is 6.80. The first-order valence-corrected chi connectivity index (χ1v) is 3.72. The minimum Gasteiger partial charge on any atom is -0.478 e. The molecule has 0 aliphatic carbocycles. The molecule has 0 saturated carbocycles. The highest BCUT2D eigenvalue weighted by Gasteiger charge is 2.17. The highest BCUT2D eigenvalue weighted by Crippen LogP contribution is 2.12. The van der Waals surface area contributed by atoms with Crippen LogP contribution in [-0.2, 0) is 9.59 Å². The maximum Gasteiger partial charge on any atom is 0.352 e. The molecule has 5 nitrogen and oxygen atoms in total. The van der Waals surface area contributed by atoms with Gasteiger partial charge in [-0.1, -0.05) is 6.08 Å². The summed E-state index contributed by atoms with van der Waals surface area (Å²) in [5, 5.41) is 17.1. The van der Waals surface area contributed by atoms with E-state index >= 15 is 0 Å². The molecule has 1 heterocycles. The number of nitrogens with zero attached hydrogens (tertiary/aromatic N) is 1. The molecule has 5 heteroatoms. The van der Waals surface area contributed by atoms with Gasteiger partial charge in [-0.15, -0.1) is 0 Å². The number of rotatable bonds is 3. The maximum absolute atomic E-state index is 10.6. The molecule has 0 aromatic carbocycles. The van der Waals surface area contributed by atoms with Crippen molar-refractivity contribution in [1.29, 1.82) is 0 Å². The van der Waals surface area contributed by atoms with Crippen LogP contribution >= 0.6 is 0 Å². The topological polar surface area (TPSA) is 77.8 Å². The summed E-state index contributed by atoms with van der Waals surface area (Å²) in [6, 6.07) is 0. The van der Waals surface area contributed by atoms with Crippen LogP contribution in [0.15, 0.2) is 24.0 Å². The summed E-state index contributed by atoms with van der Waals surface area (Å²) in [7, 11) is 0. The van der Waals surface area contributed by atoms with Crippen LogP contribution in [0.5, 0.6) is 0 Å². The summed E-state index contributed by atoms with van der Waals surface area (Å²) < 4.78 is 0. The highest BCUT2D eigenvalue weighted by atomic mass is 16.4. The Kier molecular flexibility index (Phi) is 2.69. The lowest BCUT2D eigenvalue weighted by Gasteiger charge is -2.14. The van der Waals surface area contributed by atoms with Crippen LogP contribution in [0.3, 0.4) is 0 Å². The molecule has 1 aliphatic rings.